The molecule has 2 aromatic carbocycles. The van der Waals surface area contributed by atoms with E-state index in [1.165, 1.54) is 17.7 Å². The molecule has 28 heavy (non-hydrogen) atoms. The van der Waals surface area contributed by atoms with Gasteiger partial charge in [-0.3, -0.25) is 4.79 Å². The molecule has 1 amide bonds. The maximum absolute atomic E-state index is 12.8. The minimum Gasteiger partial charge on any atom is -0.332 e. The lowest BCUT2D eigenvalue weighted by Gasteiger charge is -2.15. The molecule has 2 N–H and O–H groups in total. The summed E-state index contributed by atoms with van der Waals surface area (Å²) >= 11 is 5.06. The zero-order chi connectivity index (χ0) is 20.9. The molecule has 0 aromatic heterocycles. The zero-order valence-corrected chi connectivity index (χ0v) is 16.7. The van der Waals surface area contributed by atoms with Gasteiger partial charge in [-0.15, -0.1) is 0 Å². The molecule has 0 saturated heterocycles. The molecule has 0 fully saturated rings. The molecular formula is C21H23F3N2OS. The molecule has 0 bridgehead atoms. The number of carbonyl (C=O) groups is 1. The number of carbonyl (C=O) groups excluding carboxylic acids is 1. The molecule has 0 aliphatic heterocycles. The number of alkyl halides is 3. The summed E-state index contributed by atoms with van der Waals surface area (Å²) in [5.74, 6) is -0.235. The third-order valence-corrected chi connectivity index (χ3v) is 4.41. The van der Waals surface area contributed by atoms with Crippen molar-refractivity contribution in [3.8, 4) is 0 Å². The van der Waals surface area contributed by atoms with E-state index in [1.807, 2.05) is 24.3 Å². The van der Waals surface area contributed by atoms with Gasteiger partial charge in [0.2, 0.25) is 5.91 Å². The van der Waals surface area contributed by atoms with E-state index in [1.54, 1.807) is 6.92 Å². The van der Waals surface area contributed by atoms with Crippen molar-refractivity contribution in [3.05, 3.63) is 65.2 Å². The van der Waals surface area contributed by atoms with Crippen LogP contribution in [0.3, 0.4) is 0 Å². The number of benzene rings is 2. The summed E-state index contributed by atoms with van der Waals surface area (Å²) in [4.78, 5) is 12.4. The highest BCUT2D eigenvalue weighted by molar-refractivity contribution is 7.80. The average Bonchev–Trinajstić information content (AvgIpc) is 2.60. The fraction of sp³-hybridized carbons (Fsp3) is 0.333. The molecule has 2 rings (SSSR count). The molecule has 1 unspecified atom stereocenters. The second-order valence-electron chi connectivity index (χ2n) is 7.08. The first-order valence-electron chi connectivity index (χ1n) is 8.94. The van der Waals surface area contributed by atoms with Gasteiger partial charge in [0.05, 0.1) is 11.5 Å². The van der Waals surface area contributed by atoms with Crippen LogP contribution in [-0.2, 0) is 17.4 Å². The molecule has 0 aliphatic rings. The Labute approximate surface area is 168 Å². The summed E-state index contributed by atoms with van der Waals surface area (Å²) in [6.07, 6.45) is -3.48. The van der Waals surface area contributed by atoms with Crippen LogP contribution in [0, 0.1) is 5.92 Å². The minimum atomic E-state index is -4.45. The van der Waals surface area contributed by atoms with Gasteiger partial charge in [-0.05, 0) is 60.8 Å². The van der Waals surface area contributed by atoms with Gasteiger partial charge in [0.1, 0.15) is 0 Å². The third kappa shape index (κ3) is 6.34. The van der Waals surface area contributed by atoms with Crippen LogP contribution in [0.15, 0.2) is 48.5 Å². The van der Waals surface area contributed by atoms with Gasteiger partial charge < -0.3 is 10.6 Å². The van der Waals surface area contributed by atoms with Crippen LogP contribution < -0.4 is 10.6 Å². The predicted molar refractivity (Wildman–Crippen MR) is 109 cm³/mol. The summed E-state index contributed by atoms with van der Waals surface area (Å²) in [5.41, 5.74) is 1.41. The second-order valence-corrected chi connectivity index (χ2v) is 7.49. The van der Waals surface area contributed by atoms with E-state index in [2.05, 4.69) is 24.5 Å². The highest BCUT2D eigenvalue weighted by atomic mass is 32.1. The summed E-state index contributed by atoms with van der Waals surface area (Å²) < 4.78 is 38.3. The number of amides is 1. The molecule has 3 nitrogen and oxygen atoms in total. The van der Waals surface area contributed by atoms with Crippen LogP contribution in [0.5, 0.6) is 0 Å². The Hall–Kier alpha value is -2.41. The Bertz CT molecular complexity index is 832. The summed E-state index contributed by atoms with van der Waals surface area (Å²) in [6.45, 7) is 6.03. The number of halogens is 3. The van der Waals surface area contributed by atoms with Gasteiger partial charge in [-0.25, -0.2) is 0 Å². The van der Waals surface area contributed by atoms with Gasteiger partial charge in [0.15, 0.2) is 5.11 Å². The van der Waals surface area contributed by atoms with E-state index in [4.69, 9.17) is 12.2 Å². The monoisotopic (exact) mass is 408 g/mol. The van der Waals surface area contributed by atoms with E-state index in [-0.39, 0.29) is 16.7 Å². The fourth-order valence-electron chi connectivity index (χ4n) is 2.72. The molecule has 2 aromatic rings. The lowest BCUT2D eigenvalue weighted by molar-refractivity contribution is -0.137. The first kappa shape index (κ1) is 21.9. The molecule has 0 radical (unpaired) electrons. The molecule has 0 aliphatic carbocycles. The SMILES string of the molecule is CC(C)Cc1ccc(C(C)C(=O)NC(=S)Nc2cccc(C(F)(F)F)c2)cc1. The Kier molecular flexibility index (Phi) is 7.18. The van der Waals surface area contributed by atoms with Crippen molar-refractivity contribution in [2.75, 3.05) is 5.32 Å². The van der Waals surface area contributed by atoms with Crippen LogP contribution in [0.4, 0.5) is 18.9 Å². The maximum atomic E-state index is 12.8. The van der Waals surface area contributed by atoms with Crippen molar-refractivity contribution in [1.82, 2.24) is 5.32 Å². The first-order valence-corrected chi connectivity index (χ1v) is 9.35. The van der Waals surface area contributed by atoms with Crippen LogP contribution in [0.2, 0.25) is 0 Å². The minimum absolute atomic E-state index is 0.0485. The van der Waals surface area contributed by atoms with Crippen molar-refractivity contribution < 1.29 is 18.0 Å². The molecule has 1 atom stereocenters. The standard InChI is InChI=1S/C21H23F3N2OS/c1-13(2)11-15-7-9-16(10-8-15)14(3)19(27)26-20(28)25-18-6-4-5-17(12-18)21(22,23)24/h4-10,12-14H,11H2,1-3H3,(H2,25,26,27,28). The number of hydrogen-bond acceptors (Lipinski definition) is 2. The topological polar surface area (TPSA) is 41.1 Å². The van der Waals surface area contributed by atoms with Crippen LogP contribution in [-0.4, -0.2) is 11.0 Å². The lowest BCUT2D eigenvalue weighted by Crippen LogP contribution is -2.36. The molecular weight excluding hydrogens is 385 g/mol. The van der Waals surface area contributed by atoms with E-state index in [0.717, 1.165) is 24.1 Å². The molecule has 150 valence electrons. The Balaban J connectivity index is 1.97. The van der Waals surface area contributed by atoms with E-state index >= 15 is 0 Å². The summed E-state index contributed by atoms with van der Waals surface area (Å²) in [7, 11) is 0. The van der Waals surface area contributed by atoms with Gasteiger partial charge in [-0.1, -0.05) is 44.2 Å². The quantitative estimate of drug-likeness (QED) is 0.640. The average molecular weight is 408 g/mol. The summed E-state index contributed by atoms with van der Waals surface area (Å²) in [5, 5.41) is 5.11. The van der Waals surface area contributed by atoms with Crippen LogP contribution in [0.25, 0.3) is 0 Å². The third-order valence-electron chi connectivity index (χ3n) is 4.20. The van der Waals surface area contributed by atoms with E-state index in [9.17, 15) is 18.0 Å². The van der Waals surface area contributed by atoms with Gasteiger partial charge >= 0.3 is 6.18 Å². The Morgan fingerprint density at radius 3 is 2.29 bits per heavy atom. The second kappa shape index (κ2) is 9.19. The highest BCUT2D eigenvalue weighted by Gasteiger charge is 2.30. The highest BCUT2D eigenvalue weighted by Crippen LogP contribution is 2.30. The number of nitrogens with one attached hydrogen (secondary N) is 2. The fourth-order valence-corrected chi connectivity index (χ4v) is 2.94. The number of hydrogen-bond donors (Lipinski definition) is 2. The van der Waals surface area contributed by atoms with Crippen molar-refractivity contribution >= 4 is 28.9 Å². The van der Waals surface area contributed by atoms with Crippen molar-refractivity contribution in [2.45, 2.75) is 39.3 Å². The normalized spacial score (nSPS) is 12.5. The maximum Gasteiger partial charge on any atom is 0.416 e. The van der Waals surface area contributed by atoms with Crippen molar-refractivity contribution in [1.29, 1.82) is 0 Å². The number of thiocarbonyl (C=S) groups is 1. The Morgan fingerprint density at radius 1 is 1.07 bits per heavy atom. The smallest absolute Gasteiger partial charge is 0.332 e. The van der Waals surface area contributed by atoms with Crippen LogP contribution in [0.1, 0.15) is 43.4 Å². The Morgan fingerprint density at radius 2 is 1.71 bits per heavy atom. The zero-order valence-electron chi connectivity index (χ0n) is 15.9. The largest absolute Gasteiger partial charge is 0.416 e. The van der Waals surface area contributed by atoms with E-state index < -0.39 is 17.7 Å². The number of rotatable bonds is 5. The molecule has 0 spiro atoms. The molecule has 0 saturated carbocycles. The van der Waals surface area contributed by atoms with Gasteiger partial charge in [-0.2, -0.15) is 13.2 Å². The van der Waals surface area contributed by atoms with Crippen molar-refractivity contribution in [3.63, 3.8) is 0 Å². The molecule has 0 heterocycles. The van der Waals surface area contributed by atoms with Crippen LogP contribution >= 0.6 is 12.2 Å². The van der Waals surface area contributed by atoms with Gasteiger partial charge in [0, 0.05) is 5.69 Å². The number of anilines is 1. The first-order chi connectivity index (χ1) is 13.1. The predicted octanol–water partition coefficient (Wildman–Crippen LogP) is 5.52. The molecule has 7 heteroatoms. The lowest BCUT2D eigenvalue weighted by atomic mass is 9.96. The van der Waals surface area contributed by atoms with Crippen molar-refractivity contribution in [2.24, 2.45) is 5.92 Å². The summed E-state index contributed by atoms with van der Waals surface area (Å²) in [6, 6.07) is 12.4. The van der Waals surface area contributed by atoms with E-state index in [0.29, 0.717) is 5.92 Å². The van der Waals surface area contributed by atoms with Gasteiger partial charge in [0.25, 0.3) is 0 Å².